The summed E-state index contributed by atoms with van der Waals surface area (Å²) in [5.74, 6) is 0. The lowest BCUT2D eigenvalue weighted by Crippen LogP contribution is -2.52. The number of nitrogens with zero attached hydrogens (tertiary/aromatic N) is 3. The van der Waals surface area contributed by atoms with E-state index >= 15 is 0 Å². The van der Waals surface area contributed by atoms with E-state index in [1.54, 1.807) is 4.90 Å². The third-order valence-electron chi connectivity index (χ3n) is 4.65. The fraction of sp³-hybridized carbons (Fsp3) is 0.941. The molecule has 0 aromatic carbocycles. The first-order valence-corrected chi connectivity index (χ1v) is 9.02. The van der Waals surface area contributed by atoms with Crippen LogP contribution in [-0.4, -0.2) is 101 Å². The fourth-order valence-electron chi connectivity index (χ4n) is 3.41. The molecule has 7 nitrogen and oxygen atoms in total. The van der Waals surface area contributed by atoms with Gasteiger partial charge in [-0.1, -0.05) is 0 Å². The largest absolute Gasteiger partial charge is 0.444 e. The third kappa shape index (κ3) is 5.88. The average molecular weight is 343 g/mol. The van der Waals surface area contributed by atoms with Gasteiger partial charge in [0.25, 0.3) is 0 Å². The topological polar surface area (TPSA) is 76.5 Å². The minimum Gasteiger partial charge on any atom is -0.444 e. The molecule has 2 heterocycles. The van der Waals surface area contributed by atoms with Crippen molar-refractivity contribution in [2.24, 2.45) is 0 Å². The molecule has 0 aromatic heterocycles. The van der Waals surface area contributed by atoms with E-state index in [4.69, 9.17) is 4.74 Å². The van der Waals surface area contributed by atoms with Crippen LogP contribution in [0.25, 0.3) is 0 Å². The molecule has 2 atom stereocenters. The summed E-state index contributed by atoms with van der Waals surface area (Å²) in [4.78, 5) is 18.2. The Labute approximate surface area is 145 Å². The van der Waals surface area contributed by atoms with E-state index in [0.29, 0.717) is 26.2 Å². The SMILES string of the molecule is CC(C)(C)OC(=O)N1CCN(C[C@H](O)CN2CCC[C@H]2CO)CC1. The number of amides is 1. The highest BCUT2D eigenvalue weighted by molar-refractivity contribution is 5.68. The molecule has 0 aliphatic carbocycles. The van der Waals surface area contributed by atoms with Crippen molar-refractivity contribution >= 4 is 6.09 Å². The van der Waals surface area contributed by atoms with E-state index in [0.717, 1.165) is 32.5 Å². The Bertz CT molecular complexity index is 405. The van der Waals surface area contributed by atoms with Gasteiger partial charge in [0.05, 0.1) is 12.7 Å². The fourth-order valence-corrected chi connectivity index (χ4v) is 3.41. The van der Waals surface area contributed by atoms with Crippen LogP contribution < -0.4 is 0 Å². The van der Waals surface area contributed by atoms with E-state index < -0.39 is 11.7 Å². The van der Waals surface area contributed by atoms with Gasteiger partial charge in [-0.2, -0.15) is 0 Å². The summed E-state index contributed by atoms with van der Waals surface area (Å²) in [6.07, 6.45) is 1.42. The predicted molar refractivity (Wildman–Crippen MR) is 91.9 cm³/mol. The number of aliphatic hydroxyl groups excluding tert-OH is 2. The second kappa shape index (κ2) is 8.47. The Morgan fingerprint density at radius 2 is 1.83 bits per heavy atom. The Morgan fingerprint density at radius 3 is 2.42 bits per heavy atom. The average Bonchev–Trinajstić information content (AvgIpc) is 2.93. The quantitative estimate of drug-likeness (QED) is 0.750. The molecule has 0 saturated carbocycles. The number of carbonyl (C=O) groups is 1. The molecule has 0 aromatic rings. The van der Waals surface area contributed by atoms with Crippen LogP contribution in [0, 0.1) is 0 Å². The van der Waals surface area contributed by atoms with Gasteiger partial charge in [-0.25, -0.2) is 4.79 Å². The van der Waals surface area contributed by atoms with Crippen LogP contribution in [0.2, 0.25) is 0 Å². The van der Waals surface area contributed by atoms with Crippen LogP contribution in [0.15, 0.2) is 0 Å². The molecular weight excluding hydrogens is 310 g/mol. The lowest BCUT2D eigenvalue weighted by atomic mass is 10.2. The minimum absolute atomic E-state index is 0.168. The number of hydrogen-bond donors (Lipinski definition) is 2. The van der Waals surface area contributed by atoms with Gasteiger partial charge in [0.1, 0.15) is 5.60 Å². The van der Waals surface area contributed by atoms with Crippen molar-refractivity contribution in [3.05, 3.63) is 0 Å². The van der Waals surface area contributed by atoms with Crippen molar-refractivity contribution in [3.63, 3.8) is 0 Å². The first-order chi connectivity index (χ1) is 11.3. The molecule has 2 rings (SSSR count). The predicted octanol–water partition coefficient (Wildman–Crippen LogP) is 0.357. The van der Waals surface area contributed by atoms with E-state index in [1.807, 2.05) is 20.8 Å². The first-order valence-electron chi connectivity index (χ1n) is 9.02. The molecule has 140 valence electrons. The zero-order valence-electron chi connectivity index (χ0n) is 15.3. The van der Waals surface area contributed by atoms with Gasteiger partial charge in [0, 0.05) is 45.3 Å². The van der Waals surface area contributed by atoms with Crippen LogP contribution in [-0.2, 0) is 4.74 Å². The molecule has 0 unspecified atom stereocenters. The van der Waals surface area contributed by atoms with Crippen LogP contribution in [0.4, 0.5) is 4.79 Å². The highest BCUT2D eigenvalue weighted by Gasteiger charge is 2.29. The number of aliphatic hydroxyl groups is 2. The second-order valence-corrected chi connectivity index (χ2v) is 7.90. The molecule has 2 N–H and O–H groups in total. The monoisotopic (exact) mass is 343 g/mol. The number of rotatable bonds is 5. The normalized spacial score (nSPS) is 25.0. The van der Waals surface area contributed by atoms with Gasteiger partial charge in [-0.3, -0.25) is 9.80 Å². The summed E-state index contributed by atoms with van der Waals surface area (Å²) in [6, 6.07) is 0.198. The number of piperazine rings is 1. The van der Waals surface area contributed by atoms with Crippen molar-refractivity contribution in [2.75, 3.05) is 52.4 Å². The molecule has 7 heteroatoms. The minimum atomic E-state index is -0.469. The van der Waals surface area contributed by atoms with Crippen molar-refractivity contribution in [2.45, 2.75) is 51.4 Å². The summed E-state index contributed by atoms with van der Waals surface area (Å²) < 4.78 is 5.40. The summed E-state index contributed by atoms with van der Waals surface area (Å²) in [5, 5.41) is 19.7. The molecule has 1 amide bonds. The van der Waals surface area contributed by atoms with Crippen molar-refractivity contribution in [1.29, 1.82) is 0 Å². The maximum atomic E-state index is 12.0. The number of hydrogen-bond acceptors (Lipinski definition) is 6. The van der Waals surface area contributed by atoms with Crippen molar-refractivity contribution in [1.82, 2.24) is 14.7 Å². The van der Waals surface area contributed by atoms with Gasteiger partial charge in [0.15, 0.2) is 0 Å². The van der Waals surface area contributed by atoms with Gasteiger partial charge in [-0.15, -0.1) is 0 Å². The Hall–Kier alpha value is -0.890. The summed E-state index contributed by atoms with van der Waals surface area (Å²) >= 11 is 0. The van der Waals surface area contributed by atoms with E-state index in [9.17, 15) is 15.0 Å². The van der Waals surface area contributed by atoms with Crippen LogP contribution in [0.1, 0.15) is 33.6 Å². The number of likely N-dealkylation sites (tertiary alicyclic amines) is 1. The van der Waals surface area contributed by atoms with E-state index in [2.05, 4.69) is 9.80 Å². The standard InChI is InChI=1S/C17H33N3O4/c1-17(2,3)24-16(23)19-9-7-18(8-10-19)11-15(22)12-20-6-4-5-14(20)13-21/h14-15,21-22H,4-13H2,1-3H3/t14-,15-/m0/s1. The summed E-state index contributed by atoms with van der Waals surface area (Å²) in [5.41, 5.74) is -0.469. The Morgan fingerprint density at radius 1 is 1.17 bits per heavy atom. The second-order valence-electron chi connectivity index (χ2n) is 7.90. The molecule has 24 heavy (non-hydrogen) atoms. The van der Waals surface area contributed by atoms with Crippen LogP contribution in [0.3, 0.4) is 0 Å². The Balaban J connectivity index is 1.70. The summed E-state index contributed by atoms with van der Waals surface area (Å²) in [6.45, 7) is 10.7. The zero-order valence-corrected chi connectivity index (χ0v) is 15.3. The molecule has 2 aliphatic heterocycles. The maximum absolute atomic E-state index is 12.0. The van der Waals surface area contributed by atoms with Crippen molar-refractivity contribution < 1.29 is 19.7 Å². The van der Waals surface area contributed by atoms with Crippen LogP contribution in [0.5, 0.6) is 0 Å². The third-order valence-corrected chi connectivity index (χ3v) is 4.65. The molecular formula is C17H33N3O4. The van der Waals surface area contributed by atoms with E-state index in [-0.39, 0.29) is 18.7 Å². The smallest absolute Gasteiger partial charge is 0.410 e. The highest BCUT2D eigenvalue weighted by atomic mass is 16.6. The molecule has 2 saturated heterocycles. The number of ether oxygens (including phenoxy) is 1. The lowest BCUT2D eigenvalue weighted by Gasteiger charge is -2.37. The lowest BCUT2D eigenvalue weighted by molar-refractivity contribution is 0.00694. The number of carbonyl (C=O) groups excluding carboxylic acids is 1. The van der Waals surface area contributed by atoms with Gasteiger partial charge in [-0.05, 0) is 40.2 Å². The molecule has 0 bridgehead atoms. The Kier molecular flexibility index (Phi) is 6.86. The van der Waals surface area contributed by atoms with Gasteiger partial charge < -0.3 is 19.8 Å². The van der Waals surface area contributed by atoms with Gasteiger partial charge >= 0.3 is 6.09 Å². The van der Waals surface area contributed by atoms with Gasteiger partial charge in [0.2, 0.25) is 0 Å². The number of β-amino-alcohol motifs (C(OH)–C–C–N with tert-alkyl or cyclic N) is 1. The van der Waals surface area contributed by atoms with Crippen LogP contribution >= 0.6 is 0 Å². The van der Waals surface area contributed by atoms with E-state index in [1.165, 1.54) is 0 Å². The summed E-state index contributed by atoms with van der Waals surface area (Å²) in [7, 11) is 0. The zero-order chi connectivity index (χ0) is 17.7. The van der Waals surface area contributed by atoms with Crippen molar-refractivity contribution in [3.8, 4) is 0 Å². The molecule has 0 radical (unpaired) electrons. The molecule has 2 fully saturated rings. The molecule has 0 spiro atoms. The maximum Gasteiger partial charge on any atom is 0.410 e. The highest BCUT2D eigenvalue weighted by Crippen LogP contribution is 2.17. The first kappa shape index (κ1) is 19.4. The molecule has 2 aliphatic rings.